The van der Waals surface area contributed by atoms with Gasteiger partial charge in [-0.15, -0.1) is 0 Å². The number of benzene rings is 2. The van der Waals surface area contributed by atoms with Crippen LogP contribution in [0.25, 0.3) is 0 Å². The fourth-order valence-corrected chi connectivity index (χ4v) is 2.68. The van der Waals surface area contributed by atoms with Crippen LogP contribution in [-0.4, -0.2) is 30.7 Å². The molecule has 1 amide bonds. The monoisotopic (exact) mass is 297 g/mol. The predicted octanol–water partition coefficient (Wildman–Crippen LogP) is 3.25. The van der Waals surface area contributed by atoms with Crippen LogP contribution in [0.2, 0.25) is 0 Å². The molecule has 0 aromatic heterocycles. The highest BCUT2D eigenvalue weighted by atomic mass is 16.5. The molecule has 4 heteroatoms. The largest absolute Gasteiger partial charge is 0.497 e. The Kier molecular flexibility index (Phi) is 4.11. The van der Waals surface area contributed by atoms with E-state index in [9.17, 15) is 4.79 Å². The Morgan fingerprint density at radius 2 is 1.82 bits per heavy atom. The normalized spacial score (nSPS) is 20.9. The molecule has 0 bridgehead atoms. The summed E-state index contributed by atoms with van der Waals surface area (Å²) in [5.74, 6) is 0.720. The molecule has 3 rings (SSSR count). The summed E-state index contributed by atoms with van der Waals surface area (Å²) in [6.07, 6.45) is -0.307. The molecular weight excluding hydrogens is 278 g/mol. The molecule has 1 aliphatic rings. The zero-order valence-corrected chi connectivity index (χ0v) is 12.7. The fraction of sp³-hybridized carbons (Fsp3) is 0.278. The molecule has 0 aliphatic carbocycles. The van der Waals surface area contributed by atoms with Crippen molar-refractivity contribution >= 4 is 5.91 Å². The second-order valence-electron chi connectivity index (χ2n) is 5.32. The molecule has 4 nitrogen and oxygen atoms in total. The summed E-state index contributed by atoms with van der Waals surface area (Å²) in [6.45, 7) is 2.47. The highest BCUT2D eigenvalue weighted by Crippen LogP contribution is 2.29. The smallest absolute Gasteiger partial charge is 0.255 e. The van der Waals surface area contributed by atoms with Crippen molar-refractivity contribution in [2.24, 2.45) is 0 Å². The second-order valence-corrected chi connectivity index (χ2v) is 5.32. The number of rotatable bonds is 3. The summed E-state index contributed by atoms with van der Waals surface area (Å²) in [5.41, 5.74) is 1.74. The van der Waals surface area contributed by atoms with Crippen LogP contribution in [0.15, 0.2) is 54.6 Å². The van der Waals surface area contributed by atoms with Crippen molar-refractivity contribution in [3.63, 3.8) is 0 Å². The maximum Gasteiger partial charge on any atom is 0.255 e. The number of hydrogen-bond acceptors (Lipinski definition) is 3. The van der Waals surface area contributed by atoms with Gasteiger partial charge in [0, 0.05) is 5.56 Å². The van der Waals surface area contributed by atoms with E-state index < -0.39 is 0 Å². The maximum atomic E-state index is 12.6. The SMILES string of the molecule is COc1ccc(C(=O)N2CC(c3ccccc3)OC2C)cc1. The Labute approximate surface area is 130 Å². The summed E-state index contributed by atoms with van der Waals surface area (Å²) in [4.78, 5) is 14.4. The molecule has 114 valence electrons. The van der Waals surface area contributed by atoms with Gasteiger partial charge in [-0.1, -0.05) is 30.3 Å². The molecule has 2 aromatic rings. The van der Waals surface area contributed by atoms with Crippen molar-refractivity contribution in [1.82, 2.24) is 4.90 Å². The van der Waals surface area contributed by atoms with E-state index >= 15 is 0 Å². The van der Waals surface area contributed by atoms with E-state index in [4.69, 9.17) is 9.47 Å². The van der Waals surface area contributed by atoms with Crippen LogP contribution in [0.1, 0.15) is 28.9 Å². The third-order valence-corrected chi connectivity index (χ3v) is 3.93. The van der Waals surface area contributed by atoms with Crippen molar-refractivity contribution in [3.8, 4) is 5.75 Å². The number of nitrogens with zero attached hydrogens (tertiary/aromatic N) is 1. The molecule has 1 saturated heterocycles. The van der Waals surface area contributed by atoms with Crippen LogP contribution < -0.4 is 4.74 Å². The average molecular weight is 297 g/mol. The van der Waals surface area contributed by atoms with Crippen molar-refractivity contribution < 1.29 is 14.3 Å². The number of carbonyl (C=O) groups is 1. The van der Waals surface area contributed by atoms with Gasteiger partial charge in [-0.3, -0.25) is 4.79 Å². The lowest BCUT2D eigenvalue weighted by Gasteiger charge is -2.19. The van der Waals surface area contributed by atoms with E-state index in [0.717, 1.165) is 11.3 Å². The minimum absolute atomic E-state index is 0.0198. The van der Waals surface area contributed by atoms with E-state index in [2.05, 4.69) is 0 Å². The zero-order valence-electron chi connectivity index (χ0n) is 12.7. The van der Waals surface area contributed by atoms with E-state index in [1.807, 2.05) is 37.3 Å². The first kappa shape index (κ1) is 14.6. The average Bonchev–Trinajstić information content (AvgIpc) is 2.97. The standard InChI is InChI=1S/C18H19NO3/c1-13-19(12-17(22-13)14-6-4-3-5-7-14)18(20)15-8-10-16(21-2)11-9-15/h3-11,13,17H,12H2,1-2H3. The molecule has 0 N–H and O–H groups in total. The first-order chi connectivity index (χ1) is 10.7. The van der Waals surface area contributed by atoms with Gasteiger partial charge in [0.05, 0.1) is 13.7 Å². The van der Waals surface area contributed by atoms with Crippen molar-refractivity contribution in [3.05, 3.63) is 65.7 Å². The molecule has 0 saturated carbocycles. The van der Waals surface area contributed by atoms with Crippen LogP contribution in [0.4, 0.5) is 0 Å². The van der Waals surface area contributed by atoms with Crippen LogP contribution in [0.3, 0.4) is 0 Å². The van der Waals surface area contributed by atoms with Gasteiger partial charge in [-0.2, -0.15) is 0 Å². The van der Waals surface area contributed by atoms with Crippen molar-refractivity contribution in [2.75, 3.05) is 13.7 Å². The third kappa shape index (κ3) is 2.83. The lowest BCUT2D eigenvalue weighted by Crippen LogP contribution is -2.34. The summed E-state index contributed by atoms with van der Waals surface area (Å²) < 4.78 is 11.0. The topological polar surface area (TPSA) is 38.8 Å². The van der Waals surface area contributed by atoms with Gasteiger partial charge in [0.25, 0.3) is 5.91 Å². The molecule has 1 aliphatic heterocycles. The number of carbonyl (C=O) groups excluding carboxylic acids is 1. The number of ether oxygens (including phenoxy) is 2. The molecule has 2 aromatic carbocycles. The molecule has 22 heavy (non-hydrogen) atoms. The molecule has 2 atom stereocenters. The predicted molar refractivity (Wildman–Crippen MR) is 83.8 cm³/mol. The van der Waals surface area contributed by atoms with Gasteiger partial charge in [0.1, 0.15) is 18.1 Å². The minimum atomic E-state index is -0.236. The molecule has 1 fully saturated rings. The molecular formula is C18H19NO3. The second kappa shape index (κ2) is 6.20. The summed E-state index contributed by atoms with van der Waals surface area (Å²) in [5, 5.41) is 0. The Bertz CT molecular complexity index is 639. The van der Waals surface area contributed by atoms with Gasteiger partial charge < -0.3 is 14.4 Å². The van der Waals surface area contributed by atoms with Gasteiger partial charge in [0.15, 0.2) is 0 Å². The van der Waals surface area contributed by atoms with Crippen molar-refractivity contribution in [2.45, 2.75) is 19.3 Å². The van der Waals surface area contributed by atoms with Gasteiger partial charge >= 0.3 is 0 Å². The van der Waals surface area contributed by atoms with Gasteiger partial charge in [-0.05, 0) is 36.8 Å². The zero-order chi connectivity index (χ0) is 15.5. The maximum absolute atomic E-state index is 12.6. The lowest BCUT2D eigenvalue weighted by atomic mass is 10.1. The van der Waals surface area contributed by atoms with E-state index in [1.165, 1.54) is 0 Å². The minimum Gasteiger partial charge on any atom is -0.497 e. The Morgan fingerprint density at radius 3 is 2.45 bits per heavy atom. The van der Waals surface area contributed by atoms with E-state index in [-0.39, 0.29) is 18.2 Å². The highest BCUT2D eigenvalue weighted by molar-refractivity contribution is 5.94. The van der Waals surface area contributed by atoms with Crippen molar-refractivity contribution in [1.29, 1.82) is 0 Å². The molecule has 0 radical (unpaired) electrons. The Hall–Kier alpha value is -2.33. The van der Waals surface area contributed by atoms with Crippen LogP contribution >= 0.6 is 0 Å². The fourth-order valence-electron chi connectivity index (χ4n) is 2.68. The third-order valence-electron chi connectivity index (χ3n) is 3.93. The highest BCUT2D eigenvalue weighted by Gasteiger charge is 2.34. The lowest BCUT2D eigenvalue weighted by molar-refractivity contribution is 0.0138. The first-order valence-corrected chi connectivity index (χ1v) is 7.34. The van der Waals surface area contributed by atoms with Crippen LogP contribution in [-0.2, 0) is 4.74 Å². The molecule has 0 spiro atoms. The molecule has 2 unspecified atom stereocenters. The summed E-state index contributed by atoms with van der Waals surface area (Å²) >= 11 is 0. The summed E-state index contributed by atoms with van der Waals surface area (Å²) in [7, 11) is 1.61. The van der Waals surface area contributed by atoms with Gasteiger partial charge in [-0.25, -0.2) is 0 Å². The van der Waals surface area contributed by atoms with Gasteiger partial charge in [0.2, 0.25) is 0 Å². The van der Waals surface area contributed by atoms with E-state index in [1.54, 1.807) is 36.3 Å². The number of methoxy groups -OCH3 is 1. The Balaban J connectivity index is 1.75. The molecule has 1 heterocycles. The first-order valence-electron chi connectivity index (χ1n) is 7.34. The van der Waals surface area contributed by atoms with Crippen LogP contribution in [0, 0.1) is 0 Å². The summed E-state index contributed by atoms with van der Waals surface area (Å²) in [6, 6.07) is 17.1. The quantitative estimate of drug-likeness (QED) is 0.873. The Morgan fingerprint density at radius 1 is 1.14 bits per heavy atom. The van der Waals surface area contributed by atoms with E-state index in [0.29, 0.717) is 12.1 Å². The number of amides is 1. The number of hydrogen-bond donors (Lipinski definition) is 0. The van der Waals surface area contributed by atoms with Crippen LogP contribution in [0.5, 0.6) is 5.75 Å².